The standard InChI is InChI=1S/C22H30O15/c1-9(23)31-15-7-30-22(20(35-13(5)27)17(15)32-10(2)24)37-16-8-29-21(36-14(6)28)19(34-12(4)26)18(16)33-11(3)25/h15-22H,7-8H2,1-6H3/t15-,16-,17+,18+,19?,20?,21+,22+/m1/s1. The molecule has 0 radical (unpaired) electrons. The third kappa shape index (κ3) is 8.94. The number of carbonyl (C=O) groups is 6. The van der Waals surface area contributed by atoms with Gasteiger partial charge in [-0.1, -0.05) is 0 Å². The number of rotatable bonds is 8. The highest BCUT2D eigenvalue weighted by Gasteiger charge is 2.52. The van der Waals surface area contributed by atoms with Gasteiger partial charge in [-0.25, -0.2) is 0 Å². The maximum absolute atomic E-state index is 11.9. The first-order valence-corrected chi connectivity index (χ1v) is 11.2. The highest BCUT2D eigenvalue weighted by Crippen LogP contribution is 2.30. The summed E-state index contributed by atoms with van der Waals surface area (Å²) in [4.78, 5) is 70.3. The van der Waals surface area contributed by atoms with Gasteiger partial charge in [-0.3, -0.25) is 28.8 Å². The Hall–Kier alpha value is -3.30. The van der Waals surface area contributed by atoms with E-state index in [0.717, 1.165) is 41.5 Å². The molecule has 2 rings (SSSR count). The van der Waals surface area contributed by atoms with Crippen molar-refractivity contribution in [3.8, 4) is 0 Å². The molecular formula is C22H30O15. The lowest BCUT2D eigenvalue weighted by molar-refractivity contribution is -0.328. The molecule has 2 fully saturated rings. The van der Waals surface area contributed by atoms with Crippen LogP contribution in [0.3, 0.4) is 0 Å². The summed E-state index contributed by atoms with van der Waals surface area (Å²) in [7, 11) is 0. The van der Waals surface area contributed by atoms with E-state index in [1.807, 2.05) is 0 Å². The molecule has 208 valence electrons. The molecule has 2 aliphatic heterocycles. The van der Waals surface area contributed by atoms with Gasteiger partial charge >= 0.3 is 35.8 Å². The largest absolute Gasteiger partial charge is 0.456 e. The van der Waals surface area contributed by atoms with E-state index in [0.29, 0.717) is 0 Å². The van der Waals surface area contributed by atoms with Gasteiger partial charge in [0.25, 0.3) is 0 Å². The van der Waals surface area contributed by atoms with Crippen LogP contribution in [0.25, 0.3) is 0 Å². The molecular weight excluding hydrogens is 504 g/mol. The highest BCUT2D eigenvalue weighted by atomic mass is 16.8. The van der Waals surface area contributed by atoms with Crippen LogP contribution < -0.4 is 0 Å². The third-order valence-corrected chi connectivity index (χ3v) is 4.88. The predicted molar refractivity (Wildman–Crippen MR) is 114 cm³/mol. The Balaban J connectivity index is 2.38. The van der Waals surface area contributed by atoms with Crippen LogP contribution in [-0.2, 0) is 71.4 Å². The third-order valence-electron chi connectivity index (χ3n) is 4.88. The summed E-state index contributed by atoms with van der Waals surface area (Å²) in [5, 5.41) is 0. The van der Waals surface area contributed by atoms with E-state index < -0.39 is 85.0 Å². The lowest BCUT2D eigenvalue weighted by atomic mass is 10.0. The van der Waals surface area contributed by atoms with Gasteiger partial charge in [0.2, 0.25) is 12.4 Å². The molecule has 2 unspecified atom stereocenters. The fourth-order valence-corrected chi connectivity index (χ4v) is 3.77. The van der Waals surface area contributed by atoms with Crippen LogP contribution in [0.4, 0.5) is 0 Å². The van der Waals surface area contributed by atoms with Gasteiger partial charge in [0.05, 0.1) is 13.2 Å². The topological polar surface area (TPSA) is 185 Å². The molecule has 37 heavy (non-hydrogen) atoms. The van der Waals surface area contributed by atoms with Crippen LogP contribution in [0.5, 0.6) is 0 Å². The molecule has 0 aromatic carbocycles. The molecule has 15 heteroatoms. The maximum Gasteiger partial charge on any atom is 0.305 e. The van der Waals surface area contributed by atoms with E-state index in [9.17, 15) is 28.8 Å². The summed E-state index contributed by atoms with van der Waals surface area (Å²) in [6, 6.07) is 0. The average molecular weight is 534 g/mol. The fraction of sp³-hybridized carbons (Fsp3) is 0.727. The Morgan fingerprint density at radius 2 is 0.811 bits per heavy atom. The molecule has 0 bridgehead atoms. The van der Waals surface area contributed by atoms with E-state index in [2.05, 4.69) is 0 Å². The minimum atomic E-state index is -1.45. The van der Waals surface area contributed by atoms with Crippen molar-refractivity contribution in [1.82, 2.24) is 0 Å². The minimum absolute atomic E-state index is 0.324. The van der Waals surface area contributed by atoms with Gasteiger partial charge in [-0.15, -0.1) is 0 Å². The van der Waals surface area contributed by atoms with Crippen molar-refractivity contribution in [1.29, 1.82) is 0 Å². The lowest BCUT2D eigenvalue weighted by Crippen LogP contribution is -2.62. The first-order chi connectivity index (χ1) is 17.3. The molecule has 0 amide bonds. The summed E-state index contributed by atoms with van der Waals surface area (Å²) in [6.07, 6.45) is -10.8. The maximum atomic E-state index is 11.9. The van der Waals surface area contributed by atoms with Crippen molar-refractivity contribution in [2.45, 2.75) is 90.7 Å². The van der Waals surface area contributed by atoms with Crippen molar-refractivity contribution in [3.05, 3.63) is 0 Å². The Labute approximate surface area is 211 Å². The number of carbonyl (C=O) groups excluding carboxylic acids is 6. The second-order valence-corrected chi connectivity index (χ2v) is 8.13. The molecule has 15 nitrogen and oxygen atoms in total. The highest BCUT2D eigenvalue weighted by molar-refractivity contribution is 5.69. The van der Waals surface area contributed by atoms with Crippen molar-refractivity contribution in [3.63, 3.8) is 0 Å². The van der Waals surface area contributed by atoms with Crippen molar-refractivity contribution in [2.24, 2.45) is 0 Å². The van der Waals surface area contributed by atoms with Crippen LogP contribution in [0.1, 0.15) is 41.5 Å². The van der Waals surface area contributed by atoms with Gasteiger partial charge in [-0.05, 0) is 0 Å². The zero-order valence-corrected chi connectivity index (χ0v) is 21.2. The quantitative estimate of drug-likeness (QED) is 0.281. The number of hydrogen-bond donors (Lipinski definition) is 0. The van der Waals surface area contributed by atoms with Crippen LogP contribution in [0, 0.1) is 0 Å². The normalized spacial score (nSPS) is 31.3. The van der Waals surface area contributed by atoms with Gasteiger partial charge in [-0.2, -0.15) is 0 Å². The monoisotopic (exact) mass is 534 g/mol. The van der Waals surface area contributed by atoms with E-state index >= 15 is 0 Å². The molecule has 0 spiro atoms. The average Bonchev–Trinajstić information content (AvgIpc) is 2.74. The predicted octanol–water partition coefficient (Wildman–Crippen LogP) is -0.694. The Morgan fingerprint density at radius 3 is 1.27 bits per heavy atom. The molecule has 0 saturated carbocycles. The van der Waals surface area contributed by atoms with E-state index in [4.69, 9.17) is 42.6 Å². The first kappa shape index (κ1) is 29.9. The van der Waals surface area contributed by atoms with Crippen LogP contribution in [-0.4, -0.2) is 98.2 Å². The summed E-state index contributed by atoms with van der Waals surface area (Å²) in [5.41, 5.74) is 0. The van der Waals surface area contributed by atoms with Gasteiger partial charge in [0, 0.05) is 41.5 Å². The van der Waals surface area contributed by atoms with Crippen LogP contribution >= 0.6 is 0 Å². The Morgan fingerprint density at radius 1 is 0.459 bits per heavy atom. The van der Waals surface area contributed by atoms with Crippen LogP contribution in [0.2, 0.25) is 0 Å². The van der Waals surface area contributed by atoms with Crippen molar-refractivity contribution >= 4 is 35.8 Å². The first-order valence-electron chi connectivity index (χ1n) is 11.2. The molecule has 8 atom stereocenters. The number of esters is 6. The molecule has 0 N–H and O–H groups in total. The van der Waals surface area contributed by atoms with E-state index in [1.54, 1.807) is 0 Å². The number of ether oxygens (including phenoxy) is 9. The Kier molecular flexibility index (Phi) is 10.8. The summed E-state index contributed by atoms with van der Waals surface area (Å²) >= 11 is 0. The van der Waals surface area contributed by atoms with Gasteiger partial charge < -0.3 is 42.6 Å². The van der Waals surface area contributed by atoms with Gasteiger partial charge in [0.15, 0.2) is 30.7 Å². The molecule has 2 heterocycles. The summed E-state index contributed by atoms with van der Waals surface area (Å²) in [5.74, 6) is -4.61. The zero-order chi connectivity index (χ0) is 27.9. The van der Waals surface area contributed by atoms with Crippen molar-refractivity contribution < 1.29 is 71.4 Å². The SMILES string of the molecule is CC(=O)OC1[C@H](O[C@@H]2CO[C@@H](OC(C)=O)C(OC(C)=O)[C@H]2OC(C)=O)OC[C@@H](OC(C)=O)[C@@H]1OC(C)=O. The van der Waals surface area contributed by atoms with E-state index in [1.165, 1.54) is 0 Å². The zero-order valence-electron chi connectivity index (χ0n) is 21.2. The summed E-state index contributed by atoms with van der Waals surface area (Å²) < 4.78 is 48.3. The fourth-order valence-electron chi connectivity index (χ4n) is 3.77. The summed E-state index contributed by atoms with van der Waals surface area (Å²) in [6.45, 7) is 5.92. The lowest BCUT2D eigenvalue weighted by Gasteiger charge is -2.44. The van der Waals surface area contributed by atoms with Gasteiger partial charge in [0.1, 0.15) is 6.10 Å². The molecule has 2 saturated heterocycles. The smallest absolute Gasteiger partial charge is 0.305 e. The second-order valence-electron chi connectivity index (χ2n) is 8.13. The van der Waals surface area contributed by atoms with E-state index in [-0.39, 0.29) is 13.2 Å². The minimum Gasteiger partial charge on any atom is -0.456 e. The molecule has 0 aliphatic carbocycles. The Bertz CT molecular complexity index is 815. The van der Waals surface area contributed by atoms with Crippen LogP contribution in [0.15, 0.2) is 0 Å². The molecule has 2 aliphatic rings. The van der Waals surface area contributed by atoms with Crippen molar-refractivity contribution in [2.75, 3.05) is 13.2 Å². The molecule has 0 aromatic heterocycles. The number of hydrogen-bond acceptors (Lipinski definition) is 15. The second kappa shape index (κ2) is 13.3. The molecule has 0 aromatic rings.